The molecule has 0 aliphatic heterocycles. The standard InChI is InChI=1S/C15H18O3/c1-18-13-8-5-12(6-9-13)15(17)10-7-11-3-2-4-14(11)16/h5-6,8-9,11H,2-4,7,10H2,1H3/t11-/m1/s1. The molecule has 0 radical (unpaired) electrons. The van der Waals surface area contributed by atoms with Crippen LogP contribution in [0.25, 0.3) is 0 Å². The first kappa shape index (κ1) is 12.8. The zero-order valence-corrected chi connectivity index (χ0v) is 10.6. The average Bonchev–Trinajstić information content (AvgIpc) is 2.81. The molecule has 96 valence electrons. The van der Waals surface area contributed by atoms with E-state index in [1.165, 1.54) is 0 Å². The molecule has 0 N–H and O–H groups in total. The molecule has 18 heavy (non-hydrogen) atoms. The zero-order valence-electron chi connectivity index (χ0n) is 10.6. The van der Waals surface area contributed by atoms with Gasteiger partial charge in [0.05, 0.1) is 7.11 Å². The maximum atomic E-state index is 12.0. The molecule has 3 heteroatoms. The lowest BCUT2D eigenvalue weighted by Crippen LogP contribution is -2.09. The molecule has 0 saturated heterocycles. The highest BCUT2D eigenvalue weighted by molar-refractivity contribution is 5.96. The number of ketones is 2. The minimum Gasteiger partial charge on any atom is -0.497 e. The summed E-state index contributed by atoms with van der Waals surface area (Å²) in [6, 6.07) is 7.12. The number of carbonyl (C=O) groups excluding carboxylic acids is 2. The summed E-state index contributed by atoms with van der Waals surface area (Å²) in [5.74, 6) is 1.31. The molecule has 3 nitrogen and oxygen atoms in total. The molecule has 1 aromatic rings. The Labute approximate surface area is 107 Å². The van der Waals surface area contributed by atoms with Gasteiger partial charge >= 0.3 is 0 Å². The molecule has 1 aliphatic rings. The van der Waals surface area contributed by atoms with Crippen molar-refractivity contribution in [2.24, 2.45) is 5.92 Å². The summed E-state index contributed by atoms with van der Waals surface area (Å²) in [5, 5.41) is 0. The normalized spacial score (nSPS) is 18.9. The smallest absolute Gasteiger partial charge is 0.162 e. The summed E-state index contributed by atoms with van der Waals surface area (Å²) in [6.45, 7) is 0. The van der Waals surface area contributed by atoms with E-state index in [1.54, 1.807) is 31.4 Å². The Kier molecular flexibility index (Phi) is 4.13. The van der Waals surface area contributed by atoms with Gasteiger partial charge in [-0.3, -0.25) is 9.59 Å². The molecule has 1 aromatic carbocycles. The van der Waals surface area contributed by atoms with Crippen LogP contribution in [0, 0.1) is 5.92 Å². The van der Waals surface area contributed by atoms with Gasteiger partial charge in [0.2, 0.25) is 0 Å². The van der Waals surface area contributed by atoms with Crippen LogP contribution in [0.1, 0.15) is 42.5 Å². The summed E-state index contributed by atoms with van der Waals surface area (Å²) < 4.78 is 5.05. The van der Waals surface area contributed by atoms with Crippen molar-refractivity contribution in [2.45, 2.75) is 32.1 Å². The van der Waals surface area contributed by atoms with Crippen molar-refractivity contribution in [2.75, 3.05) is 7.11 Å². The quantitative estimate of drug-likeness (QED) is 0.750. The van der Waals surface area contributed by atoms with Crippen LogP contribution in [0.15, 0.2) is 24.3 Å². The third-order valence-corrected chi connectivity index (χ3v) is 3.56. The number of carbonyl (C=O) groups is 2. The molecule has 1 atom stereocenters. The number of rotatable bonds is 5. The molecular formula is C15H18O3. The van der Waals surface area contributed by atoms with Gasteiger partial charge in [-0.1, -0.05) is 0 Å². The second kappa shape index (κ2) is 5.80. The van der Waals surface area contributed by atoms with E-state index < -0.39 is 0 Å². The molecule has 0 heterocycles. The van der Waals surface area contributed by atoms with Crippen molar-refractivity contribution in [1.29, 1.82) is 0 Å². The second-order valence-corrected chi connectivity index (χ2v) is 4.75. The van der Waals surface area contributed by atoms with Crippen molar-refractivity contribution < 1.29 is 14.3 Å². The molecular weight excluding hydrogens is 228 g/mol. The van der Waals surface area contributed by atoms with Crippen molar-refractivity contribution in [3.05, 3.63) is 29.8 Å². The number of Topliss-reactive ketones (excluding diaryl/α,β-unsaturated/α-hetero) is 2. The number of ether oxygens (including phenoxy) is 1. The van der Waals surface area contributed by atoms with Crippen molar-refractivity contribution >= 4 is 11.6 Å². The highest BCUT2D eigenvalue weighted by Crippen LogP contribution is 2.26. The monoisotopic (exact) mass is 246 g/mol. The predicted octanol–water partition coefficient (Wildman–Crippen LogP) is 3.03. The van der Waals surface area contributed by atoms with Crippen LogP contribution in [0.3, 0.4) is 0 Å². The maximum Gasteiger partial charge on any atom is 0.162 e. The Morgan fingerprint density at radius 1 is 1.33 bits per heavy atom. The van der Waals surface area contributed by atoms with Crippen LogP contribution in [-0.4, -0.2) is 18.7 Å². The Balaban J connectivity index is 1.88. The molecule has 0 bridgehead atoms. The van der Waals surface area contributed by atoms with Gasteiger partial charge in [-0.2, -0.15) is 0 Å². The summed E-state index contributed by atoms with van der Waals surface area (Å²) in [6.07, 6.45) is 3.79. The van der Waals surface area contributed by atoms with Gasteiger partial charge in [-0.05, 0) is 43.5 Å². The fourth-order valence-electron chi connectivity index (χ4n) is 2.42. The van der Waals surface area contributed by atoms with Crippen LogP contribution < -0.4 is 4.74 Å². The Hall–Kier alpha value is -1.64. The molecule has 0 unspecified atom stereocenters. The van der Waals surface area contributed by atoms with Crippen molar-refractivity contribution in [1.82, 2.24) is 0 Å². The molecule has 1 saturated carbocycles. The Morgan fingerprint density at radius 2 is 2.06 bits per heavy atom. The molecule has 0 spiro atoms. The number of hydrogen-bond acceptors (Lipinski definition) is 3. The van der Waals surface area contributed by atoms with Gasteiger partial charge in [0, 0.05) is 24.3 Å². The van der Waals surface area contributed by atoms with Crippen LogP contribution in [0.5, 0.6) is 5.75 Å². The lowest BCUT2D eigenvalue weighted by molar-refractivity contribution is -0.120. The minimum absolute atomic E-state index is 0.109. The van der Waals surface area contributed by atoms with E-state index in [0.29, 0.717) is 30.6 Å². The number of hydrogen-bond donors (Lipinski definition) is 0. The first-order valence-electron chi connectivity index (χ1n) is 6.40. The lowest BCUT2D eigenvalue weighted by atomic mass is 9.97. The van der Waals surface area contributed by atoms with Gasteiger partial charge in [0.25, 0.3) is 0 Å². The van der Waals surface area contributed by atoms with E-state index in [2.05, 4.69) is 0 Å². The average molecular weight is 246 g/mol. The fourth-order valence-corrected chi connectivity index (χ4v) is 2.42. The highest BCUT2D eigenvalue weighted by atomic mass is 16.5. The van der Waals surface area contributed by atoms with Gasteiger partial charge in [-0.15, -0.1) is 0 Å². The number of benzene rings is 1. The topological polar surface area (TPSA) is 43.4 Å². The molecule has 0 amide bonds. The molecule has 1 fully saturated rings. The second-order valence-electron chi connectivity index (χ2n) is 4.75. The van der Waals surface area contributed by atoms with Gasteiger partial charge in [0.15, 0.2) is 5.78 Å². The molecule has 1 aliphatic carbocycles. The zero-order chi connectivity index (χ0) is 13.0. The maximum absolute atomic E-state index is 12.0. The SMILES string of the molecule is COc1ccc(C(=O)CC[C@H]2CCCC2=O)cc1. The van der Waals surface area contributed by atoms with Crippen molar-refractivity contribution in [3.8, 4) is 5.75 Å². The van der Waals surface area contributed by atoms with E-state index in [-0.39, 0.29) is 11.7 Å². The van der Waals surface area contributed by atoms with Crippen LogP contribution in [0.2, 0.25) is 0 Å². The number of methoxy groups -OCH3 is 1. The first-order chi connectivity index (χ1) is 8.70. The largest absolute Gasteiger partial charge is 0.497 e. The summed E-state index contributed by atoms with van der Waals surface area (Å²) >= 11 is 0. The van der Waals surface area contributed by atoms with Crippen LogP contribution >= 0.6 is 0 Å². The minimum atomic E-state index is 0.109. The summed E-state index contributed by atoms with van der Waals surface area (Å²) in [5.41, 5.74) is 0.696. The first-order valence-corrected chi connectivity index (χ1v) is 6.40. The van der Waals surface area contributed by atoms with Gasteiger partial charge in [0.1, 0.15) is 11.5 Å². The van der Waals surface area contributed by atoms with Crippen molar-refractivity contribution in [3.63, 3.8) is 0 Å². The highest BCUT2D eigenvalue weighted by Gasteiger charge is 2.24. The lowest BCUT2D eigenvalue weighted by Gasteiger charge is -2.07. The Morgan fingerprint density at radius 3 is 2.61 bits per heavy atom. The third kappa shape index (κ3) is 2.97. The van der Waals surface area contributed by atoms with E-state index in [0.717, 1.165) is 18.6 Å². The van der Waals surface area contributed by atoms with E-state index in [9.17, 15) is 9.59 Å². The Bertz CT molecular complexity index is 434. The van der Waals surface area contributed by atoms with Crippen LogP contribution in [0.4, 0.5) is 0 Å². The van der Waals surface area contributed by atoms with Gasteiger partial charge in [-0.25, -0.2) is 0 Å². The van der Waals surface area contributed by atoms with E-state index in [4.69, 9.17) is 4.74 Å². The molecule has 2 rings (SSSR count). The van der Waals surface area contributed by atoms with E-state index in [1.807, 2.05) is 0 Å². The van der Waals surface area contributed by atoms with Crippen LogP contribution in [-0.2, 0) is 4.79 Å². The predicted molar refractivity (Wildman–Crippen MR) is 68.9 cm³/mol. The summed E-state index contributed by atoms with van der Waals surface area (Å²) in [4.78, 5) is 23.4. The molecule has 0 aromatic heterocycles. The van der Waals surface area contributed by atoms with E-state index >= 15 is 0 Å². The fraction of sp³-hybridized carbons (Fsp3) is 0.467. The third-order valence-electron chi connectivity index (χ3n) is 3.56. The van der Waals surface area contributed by atoms with Gasteiger partial charge < -0.3 is 4.74 Å². The summed E-state index contributed by atoms with van der Waals surface area (Å²) in [7, 11) is 1.60.